The maximum Gasteiger partial charge on any atom is 0.293 e. The summed E-state index contributed by atoms with van der Waals surface area (Å²) in [5.41, 5.74) is 7.04. The summed E-state index contributed by atoms with van der Waals surface area (Å²) < 4.78 is 26.3. The molecule has 2 aromatic rings. The van der Waals surface area contributed by atoms with E-state index in [4.69, 9.17) is 5.73 Å². The first-order valence-corrected chi connectivity index (χ1v) is 7.73. The van der Waals surface area contributed by atoms with Crippen molar-refractivity contribution in [3.8, 4) is 0 Å². The van der Waals surface area contributed by atoms with Gasteiger partial charge in [-0.25, -0.2) is 18.1 Å². The van der Waals surface area contributed by atoms with Gasteiger partial charge < -0.3 is 5.73 Å². The number of hydrogen-bond acceptors (Lipinski definition) is 7. The number of benzene rings is 1. The van der Waals surface area contributed by atoms with Crippen molar-refractivity contribution in [2.75, 3.05) is 5.73 Å². The third-order valence-electron chi connectivity index (χ3n) is 2.44. The zero-order valence-electron chi connectivity index (χ0n) is 10.0. The molecular formula is C10H10N4O4S2. The van der Waals surface area contributed by atoms with Crippen LogP contribution in [0.1, 0.15) is 5.69 Å². The molecule has 2 rings (SSSR count). The minimum absolute atomic E-state index is 0.0179. The molecule has 0 amide bonds. The summed E-state index contributed by atoms with van der Waals surface area (Å²) >= 11 is 1.34. The Morgan fingerprint density at radius 3 is 2.80 bits per heavy atom. The highest BCUT2D eigenvalue weighted by Gasteiger charge is 2.20. The monoisotopic (exact) mass is 314 g/mol. The molecule has 8 nitrogen and oxygen atoms in total. The van der Waals surface area contributed by atoms with Crippen LogP contribution in [-0.2, 0) is 16.6 Å². The van der Waals surface area contributed by atoms with Crippen molar-refractivity contribution >= 4 is 32.7 Å². The Labute approximate surface area is 118 Å². The number of nitrogens with two attached hydrogens (primary N) is 1. The van der Waals surface area contributed by atoms with Gasteiger partial charge in [0.2, 0.25) is 10.0 Å². The van der Waals surface area contributed by atoms with Gasteiger partial charge in [0.05, 0.1) is 27.6 Å². The lowest BCUT2D eigenvalue weighted by Gasteiger charge is -2.06. The van der Waals surface area contributed by atoms with Crippen LogP contribution in [0.15, 0.2) is 34.0 Å². The molecular weight excluding hydrogens is 304 g/mol. The summed E-state index contributed by atoms with van der Waals surface area (Å²) in [5.74, 6) is 0. The predicted octanol–water partition coefficient (Wildman–Crippen LogP) is 1.11. The van der Waals surface area contributed by atoms with E-state index in [1.807, 2.05) is 0 Å². The van der Waals surface area contributed by atoms with E-state index in [1.165, 1.54) is 23.5 Å². The Balaban J connectivity index is 2.25. The number of hydrogen-bond donors (Lipinski definition) is 2. The number of thiazole rings is 1. The average Bonchev–Trinajstić information content (AvgIpc) is 2.89. The van der Waals surface area contributed by atoms with Crippen molar-refractivity contribution in [2.45, 2.75) is 11.4 Å². The summed E-state index contributed by atoms with van der Waals surface area (Å²) in [6.45, 7) is 0.0179. The summed E-state index contributed by atoms with van der Waals surface area (Å²) in [7, 11) is -3.85. The number of nitro groups is 1. The number of aromatic nitrogens is 1. The molecule has 0 aliphatic rings. The van der Waals surface area contributed by atoms with Crippen molar-refractivity contribution in [3.05, 3.63) is 44.9 Å². The normalized spacial score (nSPS) is 11.4. The topological polar surface area (TPSA) is 128 Å². The molecule has 0 aliphatic heterocycles. The second kappa shape index (κ2) is 5.53. The Morgan fingerprint density at radius 1 is 1.45 bits per heavy atom. The third kappa shape index (κ3) is 3.10. The highest BCUT2D eigenvalue weighted by molar-refractivity contribution is 7.89. The van der Waals surface area contributed by atoms with Gasteiger partial charge in [-0.2, -0.15) is 0 Å². The van der Waals surface area contributed by atoms with E-state index in [0.29, 0.717) is 5.69 Å². The molecule has 3 N–H and O–H groups in total. The maximum absolute atomic E-state index is 12.0. The van der Waals surface area contributed by atoms with Crippen LogP contribution in [0.25, 0.3) is 0 Å². The van der Waals surface area contributed by atoms with Gasteiger partial charge in [-0.3, -0.25) is 10.1 Å². The standard InChI is InChI=1S/C10H10N4O4S2/c11-9-2-1-8(3-10(9)14(15)16)20(17,18)13-4-7-5-19-6-12-7/h1-3,5-6,13H,4,11H2. The van der Waals surface area contributed by atoms with Gasteiger partial charge >= 0.3 is 0 Å². The second-order valence-corrected chi connectivity index (χ2v) is 6.27. The average molecular weight is 314 g/mol. The molecule has 1 heterocycles. The molecule has 0 fully saturated rings. The number of sulfonamides is 1. The SMILES string of the molecule is Nc1ccc(S(=O)(=O)NCc2cscn2)cc1[N+](=O)[O-]. The lowest BCUT2D eigenvalue weighted by Crippen LogP contribution is -2.23. The Hall–Kier alpha value is -2.04. The van der Waals surface area contributed by atoms with Gasteiger partial charge in [-0.1, -0.05) is 0 Å². The van der Waals surface area contributed by atoms with Crippen molar-refractivity contribution in [2.24, 2.45) is 0 Å². The first kappa shape index (κ1) is 14.4. The Bertz CT molecular complexity index is 728. The number of anilines is 1. The van der Waals surface area contributed by atoms with Crippen LogP contribution in [-0.4, -0.2) is 18.3 Å². The molecule has 106 valence electrons. The van der Waals surface area contributed by atoms with E-state index in [1.54, 1.807) is 10.9 Å². The van der Waals surface area contributed by atoms with Gasteiger partial charge in [0.1, 0.15) is 5.69 Å². The number of nitrogen functional groups attached to an aromatic ring is 1. The van der Waals surface area contributed by atoms with Gasteiger partial charge in [0.15, 0.2) is 0 Å². The molecule has 0 aliphatic carbocycles. The smallest absolute Gasteiger partial charge is 0.293 e. The van der Waals surface area contributed by atoms with Crippen molar-refractivity contribution in [3.63, 3.8) is 0 Å². The summed E-state index contributed by atoms with van der Waals surface area (Å²) in [5, 5.41) is 12.4. The number of nitrogens with zero attached hydrogens (tertiary/aromatic N) is 2. The van der Waals surface area contributed by atoms with E-state index in [9.17, 15) is 18.5 Å². The van der Waals surface area contributed by atoms with E-state index < -0.39 is 20.6 Å². The van der Waals surface area contributed by atoms with Crippen LogP contribution >= 0.6 is 11.3 Å². The van der Waals surface area contributed by atoms with Crippen LogP contribution in [0.5, 0.6) is 0 Å². The fourth-order valence-electron chi connectivity index (χ4n) is 1.43. The van der Waals surface area contributed by atoms with E-state index in [0.717, 1.165) is 6.07 Å². The third-order valence-corrected chi connectivity index (χ3v) is 4.47. The molecule has 1 aromatic heterocycles. The van der Waals surface area contributed by atoms with Gasteiger partial charge in [-0.05, 0) is 12.1 Å². The van der Waals surface area contributed by atoms with Crippen LogP contribution in [0.4, 0.5) is 11.4 Å². The lowest BCUT2D eigenvalue weighted by molar-refractivity contribution is -0.384. The summed E-state index contributed by atoms with van der Waals surface area (Å²) in [4.78, 5) is 13.7. The molecule has 1 aromatic carbocycles. The Morgan fingerprint density at radius 2 is 2.20 bits per heavy atom. The number of nitro benzene ring substituents is 1. The quantitative estimate of drug-likeness (QED) is 0.483. The highest BCUT2D eigenvalue weighted by atomic mass is 32.2. The molecule has 0 saturated carbocycles. The minimum atomic E-state index is -3.85. The number of rotatable bonds is 5. The predicted molar refractivity (Wildman–Crippen MR) is 73.6 cm³/mol. The van der Waals surface area contributed by atoms with Crippen LogP contribution < -0.4 is 10.5 Å². The van der Waals surface area contributed by atoms with Crippen LogP contribution in [0.2, 0.25) is 0 Å². The molecule has 0 spiro atoms. The fraction of sp³-hybridized carbons (Fsp3) is 0.100. The molecule has 0 unspecified atom stereocenters. The minimum Gasteiger partial charge on any atom is -0.393 e. The maximum atomic E-state index is 12.0. The molecule has 10 heteroatoms. The zero-order valence-corrected chi connectivity index (χ0v) is 11.6. The zero-order chi connectivity index (χ0) is 14.8. The van der Waals surface area contributed by atoms with E-state index in [2.05, 4.69) is 9.71 Å². The summed E-state index contributed by atoms with van der Waals surface area (Å²) in [6, 6.07) is 3.33. The molecule has 0 radical (unpaired) electrons. The molecule has 20 heavy (non-hydrogen) atoms. The Kier molecular flexibility index (Phi) is 3.97. The van der Waals surface area contributed by atoms with E-state index >= 15 is 0 Å². The number of nitrogens with one attached hydrogen (secondary N) is 1. The largest absolute Gasteiger partial charge is 0.393 e. The van der Waals surface area contributed by atoms with Gasteiger partial charge in [0.25, 0.3) is 5.69 Å². The molecule has 0 bridgehead atoms. The van der Waals surface area contributed by atoms with Crippen LogP contribution in [0, 0.1) is 10.1 Å². The van der Waals surface area contributed by atoms with E-state index in [-0.39, 0.29) is 17.1 Å². The summed E-state index contributed by atoms with van der Waals surface area (Å²) in [6.07, 6.45) is 0. The highest BCUT2D eigenvalue weighted by Crippen LogP contribution is 2.24. The molecule has 0 atom stereocenters. The van der Waals surface area contributed by atoms with Crippen molar-refractivity contribution < 1.29 is 13.3 Å². The second-order valence-electron chi connectivity index (χ2n) is 3.78. The first-order chi connectivity index (χ1) is 9.40. The van der Waals surface area contributed by atoms with Gasteiger partial charge in [0, 0.05) is 11.4 Å². The van der Waals surface area contributed by atoms with Crippen molar-refractivity contribution in [1.29, 1.82) is 0 Å². The fourth-order valence-corrected chi connectivity index (χ4v) is 3.00. The molecule has 0 saturated heterocycles. The lowest BCUT2D eigenvalue weighted by atomic mass is 10.3. The van der Waals surface area contributed by atoms with Crippen LogP contribution in [0.3, 0.4) is 0 Å². The van der Waals surface area contributed by atoms with Gasteiger partial charge in [-0.15, -0.1) is 11.3 Å². The van der Waals surface area contributed by atoms with Crippen molar-refractivity contribution in [1.82, 2.24) is 9.71 Å². The first-order valence-electron chi connectivity index (χ1n) is 5.31.